The lowest BCUT2D eigenvalue weighted by Gasteiger charge is -2.39. The Kier molecular flexibility index (Phi) is 7.78. The molecule has 2 unspecified atom stereocenters. The van der Waals surface area contributed by atoms with Crippen LogP contribution in [0, 0.1) is 12.8 Å². The van der Waals surface area contributed by atoms with Crippen LogP contribution in [0.4, 0.5) is 10.2 Å². The molecule has 0 amide bonds. The van der Waals surface area contributed by atoms with Crippen LogP contribution in [-0.2, 0) is 13.2 Å². The first-order chi connectivity index (χ1) is 19.4. The molecule has 1 aliphatic carbocycles. The quantitative estimate of drug-likeness (QED) is 0.242. The van der Waals surface area contributed by atoms with Crippen LogP contribution in [0.2, 0.25) is 0 Å². The molecule has 4 aromatic rings. The minimum atomic E-state index is -1.02. The average Bonchev–Trinajstić information content (AvgIpc) is 2.98. The smallest absolute Gasteiger partial charge is 0.153 e. The number of hydrogen-bond acceptors (Lipinski definition) is 6. The second-order valence-corrected chi connectivity index (χ2v) is 9.99. The van der Waals surface area contributed by atoms with Crippen molar-refractivity contribution in [2.75, 3.05) is 12.4 Å². The molecule has 7 heteroatoms. The number of fused-ring (bicyclic) bond motifs is 1. The lowest BCUT2D eigenvalue weighted by Crippen LogP contribution is -2.43. The molecule has 2 aromatic carbocycles. The predicted molar refractivity (Wildman–Crippen MR) is 157 cm³/mol. The molecule has 0 fully saturated rings. The fourth-order valence-electron chi connectivity index (χ4n) is 5.24. The van der Waals surface area contributed by atoms with Crippen molar-refractivity contribution >= 4 is 28.1 Å². The number of benzene rings is 2. The Morgan fingerprint density at radius 1 is 1.10 bits per heavy atom. The van der Waals surface area contributed by atoms with Gasteiger partial charge in [0.15, 0.2) is 5.82 Å². The predicted octanol–water partition coefficient (Wildman–Crippen LogP) is 6.38. The largest absolute Gasteiger partial charge is 0.496 e. The van der Waals surface area contributed by atoms with Crippen LogP contribution >= 0.6 is 0 Å². The summed E-state index contributed by atoms with van der Waals surface area (Å²) in [5, 5.41) is 23.6. The van der Waals surface area contributed by atoms with E-state index in [1.165, 1.54) is 7.11 Å². The maximum absolute atomic E-state index is 16.2. The lowest BCUT2D eigenvalue weighted by atomic mass is 9.73. The number of anilines is 1. The third kappa shape index (κ3) is 5.13. The van der Waals surface area contributed by atoms with Crippen LogP contribution in [-0.4, -0.2) is 32.8 Å². The second-order valence-electron chi connectivity index (χ2n) is 9.99. The van der Waals surface area contributed by atoms with Gasteiger partial charge >= 0.3 is 0 Å². The van der Waals surface area contributed by atoms with Gasteiger partial charge in [-0.15, -0.1) is 0 Å². The molecule has 0 spiro atoms. The monoisotopic (exact) mass is 537 g/mol. The highest BCUT2D eigenvalue weighted by molar-refractivity contribution is 5.89. The summed E-state index contributed by atoms with van der Waals surface area (Å²) in [6.45, 7) is 3.81. The Labute approximate surface area is 233 Å². The molecule has 1 aliphatic rings. The van der Waals surface area contributed by atoms with Crippen molar-refractivity contribution in [1.82, 2.24) is 9.97 Å². The third-order valence-electron chi connectivity index (χ3n) is 7.56. The first-order valence-corrected chi connectivity index (χ1v) is 13.1. The van der Waals surface area contributed by atoms with E-state index >= 15 is 4.39 Å². The molecule has 2 heterocycles. The van der Waals surface area contributed by atoms with E-state index in [2.05, 4.69) is 47.3 Å². The molecule has 3 N–H and O–H groups in total. The number of hydrogen-bond donors (Lipinski definition) is 3. The number of nitrogens with zero attached hydrogens (tertiary/aromatic N) is 2. The minimum absolute atomic E-state index is 0.116. The van der Waals surface area contributed by atoms with E-state index in [9.17, 15) is 10.2 Å². The van der Waals surface area contributed by atoms with E-state index < -0.39 is 11.4 Å². The van der Waals surface area contributed by atoms with E-state index in [0.717, 1.165) is 22.1 Å². The number of aromatic nitrogens is 2. The highest BCUT2D eigenvalue weighted by Gasteiger charge is 2.38. The first-order valence-electron chi connectivity index (χ1n) is 13.1. The Morgan fingerprint density at radius 3 is 2.67 bits per heavy atom. The van der Waals surface area contributed by atoms with E-state index in [1.54, 1.807) is 36.7 Å². The van der Waals surface area contributed by atoms with Gasteiger partial charge in [0.25, 0.3) is 0 Å². The number of nitrogens with one attached hydrogen (secondary N) is 1. The summed E-state index contributed by atoms with van der Waals surface area (Å²) in [5.74, 6) is 0.255. The van der Waals surface area contributed by atoms with Crippen LogP contribution in [0.25, 0.3) is 22.3 Å². The molecular formula is C33H32FN3O3. The Bertz CT molecular complexity index is 1650. The molecular weight excluding hydrogens is 505 g/mol. The number of rotatable bonds is 8. The molecule has 40 heavy (non-hydrogen) atoms. The van der Waals surface area contributed by atoms with Crippen LogP contribution in [0.1, 0.15) is 34.7 Å². The van der Waals surface area contributed by atoms with E-state index in [4.69, 9.17) is 4.74 Å². The molecule has 0 bridgehead atoms. The van der Waals surface area contributed by atoms with Gasteiger partial charge in [-0.05, 0) is 53.5 Å². The van der Waals surface area contributed by atoms with E-state index in [1.807, 2.05) is 36.4 Å². The van der Waals surface area contributed by atoms with Crippen molar-refractivity contribution in [2.45, 2.75) is 32.6 Å². The van der Waals surface area contributed by atoms with Crippen molar-refractivity contribution < 1.29 is 19.3 Å². The van der Waals surface area contributed by atoms with Gasteiger partial charge < -0.3 is 20.3 Å². The van der Waals surface area contributed by atoms with Gasteiger partial charge in [-0.1, -0.05) is 61.5 Å². The standard InChI is InChI=1S/C33H32FN3O3/c1-21-7-4-5-8-27(21)28-9-6-13-33(22(28)2,17-29(34)24-10-11-26(20-39)30(16-24)40-3)37-32-31-25(12-14-35-32)15-23(19-38)18-36-31/h4-18,22,38-39H,19-20H2,1-3H3,(H,35,37)/b29-17-. The molecule has 204 valence electrons. The molecule has 5 rings (SSSR count). The number of aryl methyl sites for hydroxylation is 1. The fraction of sp³-hybridized carbons (Fsp3) is 0.212. The summed E-state index contributed by atoms with van der Waals surface area (Å²) >= 11 is 0. The van der Waals surface area contributed by atoms with Crippen LogP contribution in [0.15, 0.2) is 91.3 Å². The summed E-state index contributed by atoms with van der Waals surface area (Å²) in [5.41, 5.74) is 4.48. The summed E-state index contributed by atoms with van der Waals surface area (Å²) in [6, 6.07) is 16.7. The number of allylic oxidation sites excluding steroid dienone is 2. The first kappa shape index (κ1) is 27.2. The molecule has 6 nitrogen and oxygen atoms in total. The zero-order valence-electron chi connectivity index (χ0n) is 22.7. The summed E-state index contributed by atoms with van der Waals surface area (Å²) in [6.07, 6.45) is 10.8. The topological polar surface area (TPSA) is 87.5 Å². The number of aliphatic hydroxyl groups excluding tert-OH is 2. The van der Waals surface area contributed by atoms with Crippen molar-refractivity contribution in [3.63, 3.8) is 0 Å². The van der Waals surface area contributed by atoms with Crippen molar-refractivity contribution in [3.8, 4) is 5.75 Å². The highest BCUT2D eigenvalue weighted by Crippen LogP contribution is 2.42. The number of aliphatic hydroxyl groups is 2. The summed E-state index contributed by atoms with van der Waals surface area (Å²) < 4.78 is 21.6. The highest BCUT2D eigenvalue weighted by atomic mass is 19.1. The van der Waals surface area contributed by atoms with Gasteiger partial charge in [0.2, 0.25) is 0 Å². The van der Waals surface area contributed by atoms with E-state index in [-0.39, 0.29) is 19.1 Å². The molecule has 0 saturated carbocycles. The number of ether oxygens (including phenoxy) is 1. The zero-order valence-corrected chi connectivity index (χ0v) is 22.7. The molecule has 0 aliphatic heterocycles. The number of halogens is 1. The van der Waals surface area contributed by atoms with Crippen molar-refractivity contribution in [1.29, 1.82) is 0 Å². The Balaban J connectivity index is 1.65. The van der Waals surface area contributed by atoms with Gasteiger partial charge in [-0.3, -0.25) is 4.98 Å². The summed E-state index contributed by atoms with van der Waals surface area (Å²) in [4.78, 5) is 9.16. The molecule has 2 aromatic heterocycles. The lowest BCUT2D eigenvalue weighted by molar-refractivity contribution is 0.273. The minimum Gasteiger partial charge on any atom is -0.496 e. The van der Waals surface area contributed by atoms with Crippen LogP contribution in [0.3, 0.4) is 0 Å². The van der Waals surface area contributed by atoms with Gasteiger partial charge in [0.1, 0.15) is 17.1 Å². The zero-order chi connectivity index (χ0) is 28.3. The fourth-order valence-corrected chi connectivity index (χ4v) is 5.24. The third-order valence-corrected chi connectivity index (χ3v) is 7.56. The van der Waals surface area contributed by atoms with Crippen LogP contribution < -0.4 is 10.1 Å². The maximum atomic E-state index is 16.2. The van der Waals surface area contributed by atoms with Crippen LogP contribution in [0.5, 0.6) is 5.75 Å². The maximum Gasteiger partial charge on any atom is 0.153 e. The number of methoxy groups -OCH3 is 1. The molecule has 0 saturated heterocycles. The van der Waals surface area contributed by atoms with Gasteiger partial charge in [0, 0.05) is 34.8 Å². The van der Waals surface area contributed by atoms with Crippen molar-refractivity contribution in [2.24, 2.45) is 5.92 Å². The summed E-state index contributed by atoms with van der Waals surface area (Å²) in [7, 11) is 1.50. The Morgan fingerprint density at radius 2 is 1.93 bits per heavy atom. The average molecular weight is 538 g/mol. The van der Waals surface area contributed by atoms with E-state index in [0.29, 0.717) is 33.8 Å². The SMILES string of the molecule is COc1cc(/C(F)=C/C2(Nc3nccc4cc(CO)cnc34)C=CC=C(c3ccccc3C)C2C)ccc1CO. The molecule has 2 atom stereocenters. The second kappa shape index (κ2) is 11.4. The number of pyridine rings is 2. The van der Waals surface area contributed by atoms with Gasteiger partial charge in [0.05, 0.1) is 25.9 Å². The molecule has 0 radical (unpaired) electrons. The van der Waals surface area contributed by atoms with Gasteiger partial charge in [-0.2, -0.15) is 0 Å². The van der Waals surface area contributed by atoms with Gasteiger partial charge in [-0.25, -0.2) is 9.37 Å². The Hall–Kier alpha value is -4.33. The normalized spacial score (nSPS) is 19.0. The van der Waals surface area contributed by atoms with Crippen molar-refractivity contribution in [3.05, 3.63) is 119 Å².